The Morgan fingerprint density at radius 1 is 1.09 bits per heavy atom. The van der Waals surface area contributed by atoms with Gasteiger partial charge in [-0.1, -0.05) is 6.07 Å². The van der Waals surface area contributed by atoms with Crippen molar-refractivity contribution in [2.45, 2.75) is 18.9 Å². The van der Waals surface area contributed by atoms with Gasteiger partial charge in [0.25, 0.3) is 0 Å². The SMILES string of the molecule is COc1cc2c(cc1O)[C@H](Cc1ccc(O)c(O)c1)N(C)CC2. The van der Waals surface area contributed by atoms with Crippen LogP contribution < -0.4 is 4.74 Å². The van der Waals surface area contributed by atoms with E-state index in [9.17, 15) is 15.3 Å². The maximum atomic E-state index is 10.1. The normalized spacial score (nSPS) is 17.7. The quantitative estimate of drug-likeness (QED) is 0.759. The van der Waals surface area contributed by atoms with E-state index in [1.807, 2.05) is 6.07 Å². The summed E-state index contributed by atoms with van der Waals surface area (Å²) in [5, 5.41) is 29.2. The molecule has 0 aliphatic carbocycles. The van der Waals surface area contributed by atoms with Crippen LogP contribution in [0, 0.1) is 0 Å². The van der Waals surface area contributed by atoms with Gasteiger partial charge in [-0.25, -0.2) is 0 Å². The third-order valence-corrected chi connectivity index (χ3v) is 4.53. The van der Waals surface area contributed by atoms with Gasteiger partial charge >= 0.3 is 0 Å². The largest absolute Gasteiger partial charge is 0.504 e. The predicted molar refractivity (Wildman–Crippen MR) is 87.2 cm³/mol. The molecule has 2 aromatic carbocycles. The Morgan fingerprint density at radius 2 is 1.87 bits per heavy atom. The first kappa shape index (κ1) is 15.5. The van der Waals surface area contributed by atoms with E-state index < -0.39 is 0 Å². The van der Waals surface area contributed by atoms with Crippen molar-refractivity contribution >= 4 is 0 Å². The van der Waals surface area contributed by atoms with E-state index in [1.165, 1.54) is 11.6 Å². The van der Waals surface area contributed by atoms with Crippen LogP contribution >= 0.6 is 0 Å². The zero-order valence-corrected chi connectivity index (χ0v) is 13.3. The van der Waals surface area contributed by atoms with Crippen LogP contribution in [-0.4, -0.2) is 40.9 Å². The molecule has 1 atom stereocenters. The van der Waals surface area contributed by atoms with Gasteiger partial charge in [-0.15, -0.1) is 0 Å². The van der Waals surface area contributed by atoms with Crippen LogP contribution in [0.5, 0.6) is 23.0 Å². The number of fused-ring (bicyclic) bond motifs is 1. The molecule has 1 aliphatic heterocycles. The summed E-state index contributed by atoms with van der Waals surface area (Å²) in [4.78, 5) is 2.23. The van der Waals surface area contributed by atoms with E-state index in [4.69, 9.17) is 4.74 Å². The number of hydrogen-bond acceptors (Lipinski definition) is 5. The molecule has 122 valence electrons. The topological polar surface area (TPSA) is 73.2 Å². The Hall–Kier alpha value is -2.40. The summed E-state index contributed by atoms with van der Waals surface area (Å²) >= 11 is 0. The van der Waals surface area contributed by atoms with E-state index in [0.717, 1.165) is 24.1 Å². The van der Waals surface area contributed by atoms with Crippen LogP contribution in [-0.2, 0) is 12.8 Å². The van der Waals surface area contributed by atoms with Gasteiger partial charge in [-0.2, -0.15) is 0 Å². The zero-order valence-electron chi connectivity index (χ0n) is 13.3. The molecular formula is C18H21NO4. The summed E-state index contributed by atoms with van der Waals surface area (Å²) in [6.45, 7) is 0.912. The second kappa shape index (κ2) is 6.01. The number of likely N-dealkylation sites (N-methyl/N-ethyl adjacent to an activating group) is 1. The molecule has 3 rings (SSSR count). The summed E-state index contributed by atoms with van der Waals surface area (Å²) < 4.78 is 5.20. The van der Waals surface area contributed by atoms with Crippen molar-refractivity contribution in [2.75, 3.05) is 20.7 Å². The Bertz CT molecular complexity index is 729. The minimum Gasteiger partial charge on any atom is -0.504 e. The van der Waals surface area contributed by atoms with Crippen LogP contribution in [0.2, 0.25) is 0 Å². The number of phenolic OH excluding ortho intramolecular Hbond substituents is 3. The highest BCUT2D eigenvalue weighted by atomic mass is 16.5. The van der Waals surface area contributed by atoms with Crippen molar-refractivity contribution < 1.29 is 20.1 Å². The van der Waals surface area contributed by atoms with Crippen LogP contribution in [0.4, 0.5) is 0 Å². The monoisotopic (exact) mass is 315 g/mol. The molecule has 0 aromatic heterocycles. The minimum atomic E-state index is -0.117. The molecule has 0 unspecified atom stereocenters. The van der Waals surface area contributed by atoms with Crippen molar-refractivity contribution in [2.24, 2.45) is 0 Å². The molecular weight excluding hydrogens is 294 g/mol. The number of aromatic hydroxyl groups is 3. The van der Waals surface area contributed by atoms with E-state index >= 15 is 0 Å². The fourth-order valence-corrected chi connectivity index (χ4v) is 3.19. The Kier molecular flexibility index (Phi) is 4.05. The van der Waals surface area contributed by atoms with Gasteiger partial charge in [-0.05, 0) is 60.8 Å². The molecule has 5 nitrogen and oxygen atoms in total. The van der Waals surface area contributed by atoms with Crippen molar-refractivity contribution in [3.05, 3.63) is 47.0 Å². The second-order valence-electron chi connectivity index (χ2n) is 6.00. The smallest absolute Gasteiger partial charge is 0.160 e. The van der Waals surface area contributed by atoms with Crippen LogP contribution in [0.15, 0.2) is 30.3 Å². The summed E-state index contributed by atoms with van der Waals surface area (Å²) in [6.07, 6.45) is 1.59. The molecule has 0 fully saturated rings. The van der Waals surface area contributed by atoms with Crippen LogP contribution in [0.1, 0.15) is 22.7 Å². The number of ether oxygens (including phenoxy) is 1. The van der Waals surface area contributed by atoms with Gasteiger partial charge in [0.05, 0.1) is 7.11 Å². The Balaban J connectivity index is 1.96. The van der Waals surface area contributed by atoms with Gasteiger partial charge in [0.2, 0.25) is 0 Å². The highest BCUT2D eigenvalue weighted by molar-refractivity contribution is 5.49. The molecule has 0 saturated heterocycles. The lowest BCUT2D eigenvalue weighted by atomic mass is 9.88. The van der Waals surface area contributed by atoms with Crippen molar-refractivity contribution in [1.82, 2.24) is 4.90 Å². The molecule has 0 amide bonds. The van der Waals surface area contributed by atoms with Gasteiger partial charge in [0.15, 0.2) is 23.0 Å². The van der Waals surface area contributed by atoms with Gasteiger partial charge < -0.3 is 20.1 Å². The number of hydrogen-bond donors (Lipinski definition) is 3. The summed E-state index contributed by atoms with van der Waals surface area (Å²) in [7, 11) is 3.60. The van der Waals surface area contributed by atoms with Gasteiger partial charge in [0.1, 0.15) is 0 Å². The van der Waals surface area contributed by atoms with Gasteiger partial charge in [0, 0.05) is 12.6 Å². The maximum absolute atomic E-state index is 10.1. The molecule has 3 N–H and O–H groups in total. The molecule has 1 heterocycles. The first-order valence-corrected chi connectivity index (χ1v) is 7.60. The number of phenols is 3. The molecule has 5 heteroatoms. The summed E-state index contributed by atoms with van der Waals surface area (Å²) in [5.41, 5.74) is 3.18. The zero-order chi connectivity index (χ0) is 16.6. The highest BCUT2D eigenvalue weighted by Gasteiger charge is 2.26. The first-order chi connectivity index (χ1) is 11.0. The number of methoxy groups -OCH3 is 1. The van der Waals surface area contributed by atoms with Crippen molar-refractivity contribution in [3.63, 3.8) is 0 Å². The average Bonchev–Trinajstić information content (AvgIpc) is 2.53. The number of rotatable bonds is 3. The molecule has 1 aliphatic rings. The fraction of sp³-hybridized carbons (Fsp3) is 0.333. The van der Waals surface area contributed by atoms with E-state index in [2.05, 4.69) is 11.9 Å². The van der Waals surface area contributed by atoms with Gasteiger partial charge in [-0.3, -0.25) is 4.90 Å². The molecule has 23 heavy (non-hydrogen) atoms. The number of nitrogens with zero attached hydrogens (tertiary/aromatic N) is 1. The molecule has 0 radical (unpaired) electrons. The van der Waals surface area contributed by atoms with Crippen molar-refractivity contribution in [1.29, 1.82) is 0 Å². The number of benzene rings is 2. The molecule has 2 aromatic rings. The van der Waals surface area contributed by atoms with Crippen LogP contribution in [0.25, 0.3) is 0 Å². The summed E-state index contributed by atoms with van der Waals surface area (Å²) in [6, 6.07) is 8.66. The van der Waals surface area contributed by atoms with Crippen molar-refractivity contribution in [3.8, 4) is 23.0 Å². The highest BCUT2D eigenvalue weighted by Crippen LogP contribution is 2.39. The molecule has 0 bridgehead atoms. The average molecular weight is 315 g/mol. The van der Waals surface area contributed by atoms with E-state index in [-0.39, 0.29) is 23.3 Å². The fourth-order valence-electron chi connectivity index (χ4n) is 3.19. The van der Waals surface area contributed by atoms with E-state index in [0.29, 0.717) is 12.2 Å². The Labute approximate surface area is 135 Å². The lowest BCUT2D eigenvalue weighted by Gasteiger charge is -2.35. The molecule has 0 spiro atoms. The summed E-state index contributed by atoms with van der Waals surface area (Å²) in [5.74, 6) is 0.404. The lowest BCUT2D eigenvalue weighted by Crippen LogP contribution is -2.33. The first-order valence-electron chi connectivity index (χ1n) is 7.60. The maximum Gasteiger partial charge on any atom is 0.160 e. The lowest BCUT2D eigenvalue weighted by molar-refractivity contribution is 0.228. The van der Waals surface area contributed by atoms with Crippen LogP contribution in [0.3, 0.4) is 0 Å². The van der Waals surface area contributed by atoms with E-state index in [1.54, 1.807) is 25.3 Å². The third-order valence-electron chi connectivity index (χ3n) is 4.53. The second-order valence-corrected chi connectivity index (χ2v) is 6.00. The minimum absolute atomic E-state index is 0.0968. The Morgan fingerprint density at radius 3 is 2.57 bits per heavy atom. The predicted octanol–water partition coefficient (Wildman–Crippen LogP) is 2.58. The standard InChI is InChI=1S/C18H21NO4/c1-19-6-5-12-9-18(23-2)17(22)10-13(12)14(19)7-11-3-4-15(20)16(21)8-11/h3-4,8-10,14,20-22H,5-7H2,1-2H3/t14-/m0/s1. The third kappa shape index (κ3) is 2.92. The molecule has 0 saturated carbocycles.